The number of carbonyl (C=O) groups excluding carboxylic acids is 1. The Kier molecular flexibility index (Phi) is 8.98. The molecule has 1 aromatic rings. The molecule has 0 aromatic heterocycles. The number of rotatable bonds is 11. The smallest absolute Gasteiger partial charge is 0.325 e. The van der Waals surface area contributed by atoms with E-state index in [0.717, 1.165) is 18.4 Å². The first kappa shape index (κ1) is 19.2. The number of carbonyl (C=O) groups is 2. The number of aryl methyl sites for hydroxylation is 1. The van der Waals surface area contributed by atoms with Gasteiger partial charge in [0.1, 0.15) is 6.54 Å². The molecule has 0 aliphatic heterocycles. The highest BCUT2D eigenvalue weighted by Crippen LogP contribution is 2.13. The first-order valence-corrected chi connectivity index (χ1v) is 8.36. The fourth-order valence-corrected chi connectivity index (χ4v) is 2.50. The SMILES string of the molecule is CCCCCCCCCc1cccc(C(=O)N(O)CC(=O)O)c1. The third-order valence-corrected chi connectivity index (χ3v) is 3.76. The van der Waals surface area contributed by atoms with Crippen LogP contribution in [0.15, 0.2) is 24.3 Å². The average Bonchev–Trinajstić information content (AvgIpc) is 2.53. The summed E-state index contributed by atoms with van der Waals surface area (Å²) in [6, 6.07) is 7.03. The summed E-state index contributed by atoms with van der Waals surface area (Å²) in [6.07, 6.45) is 9.51. The second kappa shape index (κ2) is 10.8. The Morgan fingerprint density at radius 3 is 2.35 bits per heavy atom. The molecule has 1 aromatic carbocycles. The Morgan fingerprint density at radius 2 is 1.70 bits per heavy atom. The predicted octanol–water partition coefficient (Wildman–Crippen LogP) is 3.90. The molecule has 5 nitrogen and oxygen atoms in total. The fourth-order valence-electron chi connectivity index (χ4n) is 2.50. The van der Waals surface area contributed by atoms with Gasteiger partial charge in [-0.2, -0.15) is 0 Å². The van der Waals surface area contributed by atoms with E-state index in [1.807, 2.05) is 6.07 Å². The molecule has 0 aliphatic carbocycles. The van der Waals surface area contributed by atoms with Crippen LogP contribution in [0.3, 0.4) is 0 Å². The highest BCUT2D eigenvalue weighted by atomic mass is 16.5. The van der Waals surface area contributed by atoms with Crippen molar-refractivity contribution in [2.45, 2.75) is 58.3 Å². The van der Waals surface area contributed by atoms with Crippen molar-refractivity contribution in [3.05, 3.63) is 35.4 Å². The predicted molar refractivity (Wildman–Crippen MR) is 88.6 cm³/mol. The molecular weight excluding hydrogens is 294 g/mol. The van der Waals surface area contributed by atoms with E-state index in [9.17, 15) is 14.8 Å². The van der Waals surface area contributed by atoms with Crippen molar-refractivity contribution in [2.24, 2.45) is 0 Å². The Hall–Kier alpha value is -1.88. The monoisotopic (exact) mass is 321 g/mol. The lowest BCUT2D eigenvalue weighted by atomic mass is 10.0. The van der Waals surface area contributed by atoms with Crippen LogP contribution in [0.2, 0.25) is 0 Å². The molecule has 0 unspecified atom stereocenters. The Labute approximate surface area is 137 Å². The van der Waals surface area contributed by atoms with Gasteiger partial charge in [-0.05, 0) is 30.5 Å². The van der Waals surface area contributed by atoms with Crippen LogP contribution in [0.1, 0.15) is 67.8 Å². The summed E-state index contributed by atoms with van der Waals surface area (Å²) >= 11 is 0. The van der Waals surface area contributed by atoms with Gasteiger partial charge in [0.15, 0.2) is 0 Å². The van der Waals surface area contributed by atoms with Crippen LogP contribution in [-0.2, 0) is 11.2 Å². The lowest BCUT2D eigenvalue weighted by Crippen LogP contribution is -2.32. The van der Waals surface area contributed by atoms with Crippen LogP contribution in [0, 0.1) is 0 Å². The minimum Gasteiger partial charge on any atom is -0.480 e. The molecule has 2 N–H and O–H groups in total. The second-order valence-corrected chi connectivity index (χ2v) is 5.83. The first-order valence-electron chi connectivity index (χ1n) is 8.36. The minimum atomic E-state index is -1.25. The maximum absolute atomic E-state index is 11.9. The van der Waals surface area contributed by atoms with Gasteiger partial charge in [0, 0.05) is 5.56 Å². The van der Waals surface area contributed by atoms with Crippen molar-refractivity contribution in [3.63, 3.8) is 0 Å². The van der Waals surface area contributed by atoms with Crippen LogP contribution >= 0.6 is 0 Å². The molecule has 0 saturated heterocycles. The van der Waals surface area contributed by atoms with Gasteiger partial charge in [0.2, 0.25) is 0 Å². The molecule has 0 bridgehead atoms. The third kappa shape index (κ3) is 7.79. The molecule has 0 atom stereocenters. The average molecular weight is 321 g/mol. The van der Waals surface area contributed by atoms with E-state index in [2.05, 4.69) is 6.92 Å². The Bertz CT molecular complexity index is 502. The van der Waals surface area contributed by atoms with E-state index in [0.29, 0.717) is 5.56 Å². The van der Waals surface area contributed by atoms with E-state index >= 15 is 0 Å². The van der Waals surface area contributed by atoms with Crippen LogP contribution < -0.4 is 0 Å². The van der Waals surface area contributed by atoms with Gasteiger partial charge in [0.25, 0.3) is 5.91 Å². The van der Waals surface area contributed by atoms with E-state index in [4.69, 9.17) is 5.11 Å². The van der Waals surface area contributed by atoms with Gasteiger partial charge >= 0.3 is 5.97 Å². The summed E-state index contributed by atoms with van der Waals surface area (Å²) in [6.45, 7) is 1.49. The molecule has 23 heavy (non-hydrogen) atoms. The molecule has 1 amide bonds. The number of carboxylic acids is 1. The second-order valence-electron chi connectivity index (χ2n) is 5.83. The summed E-state index contributed by atoms with van der Waals surface area (Å²) in [5.74, 6) is -1.94. The molecule has 0 saturated carbocycles. The maximum Gasteiger partial charge on any atom is 0.325 e. The highest BCUT2D eigenvalue weighted by Gasteiger charge is 2.16. The molecule has 0 fully saturated rings. The van der Waals surface area contributed by atoms with Crippen molar-refractivity contribution in [3.8, 4) is 0 Å². The van der Waals surface area contributed by atoms with E-state index < -0.39 is 18.4 Å². The van der Waals surface area contributed by atoms with Gasteiger partial charge in [-0.1, -0.05) is 57.6 Å². The zero-order chi connectivity index (χ0) is 17.1. The lowest BCUT2D eigenvalue weighted by Gasteiger charge is -2.13. The normalized spacial score (nSPS) is 10.5. The van der Waals surface area contributed by atoms with Crippen molar-refractivity contribution < 1.29 is 19.9 Å². The number of unbranched alkanes of at least 4 members (excludes halogenated alkanes) is 6. The molecule has 5 heteroatoms. The number of amides is 1. The summed E-state index contributed by atoms with van der Waals surface area (Å²) in [7, 11) is 0. The number of nitrogens with zero attached hydrogens (tertiary/aromatic N) is 1. The van der Waals surface area contributed by atoms with Crippen LogP contribution in [0.4, 0.5) is 0 Å². The van der Waals surface area contributed by atoms with Gasteiger partial charge < -0.3 is 5.11 Å². The largest absolute Gasteiger partial charge is 0.480 e. The van der Waals surface area contributed by atoms with Crippen molar-refractivity contribution in [1.29, 1.82) is 0 Å². The Balaban J connectivity index is 2.41. The van der Waals surface area contributed by atoms with Gasteiger partial charge in [-0.25, -0.2) is 5.06 Å². The van der Waals surface area contributed by atoms with Crippen molar-refractivity contribution in [1.82, 2.24) is 5.06 Å². The molecule has 128 valence electrons. The quantitative estimate of drug-likeness (QED) is 0.368. The summed E-state index contributed by atoms with van der Waals surface area (Å²) in [5.41, 5.74) is 1.35. The summed E-state index contributed by atoms with van der Waals surface area (Å²) in [5, 5.41) is 18.3. The number of hydroxylamine groups is 2. The fraction of sp³-hybridized carbons (Fsp3) is 0.556. The zero-order valence-electron chi connectivity index (χ0n) is 13.8. The molecular formula is C18H27NO4. The highest BCUT2D eigenvalue weighted by molar-refractivity contribution is 5.95. The van der Waals surface area contributed by atoms with Gasteiger partial charge in [-0.15, -0.1) is 0 Å². The molecule has 0 spiro atoms. The topological polar surface area (TPSA) is 77.8 Å². The summed E-state index contributed by atoms with van der Waals surface area (Å²) in [4.78, 5) is 22.4. The van der Waals surface area contributed by atoms with Crippen LogP contribution in [-0.4, -0.2) is 33.8 Å². The maximum atomic E-state index is 11.9. The van der Waals surface area contributed by atoms with Gasteiger partial charge in [-0.3, -0.25) is 14.8 Å². The van der Waals surface area contributed by atoms with E-state index in [1.54, 1.807) is 18.2 Å². The Morgan fingerprint density at radius 1 is 1.04 bits per heavy atom. The van der Waals surface area contributed by atoms with Gasteiger partial charge in [0.05, 0.1) is 0 Å². The van der Waals surface area contributed by atoms with Crippen molar-refractivity contribution in [2.75, 3.05) is 6.54 Å². The number of benzene rings is 1. The molecule has 0 heterocycles. The number of aliphatic carboxylic acids is 1. The van der Waals surface area contributed by atoms with E-state index in [-0.39, 0.29) is 5.06 Å². The third-order valence-electron chi connectivity index (χ3n) is 3.76. The number of hydrogen-bond acceptors (Lipinski definition) is 3. The zero-order valence-corrected chi connectivity index (χ0v) is 13.8. The molecule has 0 aliphatic rings. The lowest BCUT2D eigenvalue weighted by molar-refractivity contribution is -0.146. The van der Waals surface area contributed by atoms with Crippen LogP contribution in [0.5, 0.6) is 0 Å². The summed E-state index contributed by atoms with van der Waals surface area (Å²) < 4.78 is 0. The molecule has 0 radical (unpaired) electrons. The van der Waals surface area contributed by atoms with Crippen LogP contribution in [0.25, 0.3) is 0 Å². The molecule has 1 rings (SSSR count). The standard InChI is InChI=1S/C18H27NO4/c1-2-3-4-5-6-7-8-10-15-11-9-12-16(13-15)18(22)19(23)14-17(20)21/h9,11-13,23H,2-8,10,14H2,1H3,(H,20,21). The number of carboxylic acid groups (broad SMARTS) is 1. The van der Waals surface area contributed by atoms with E-state index in [1.165, 1.54) is 38.5 Å². The minimum absolute atomic E-state index is 0.231. The first-order chi connectivity index (χ1) is 11.0. The van der Waals surface area contributed by atoms with Crippen molar-refractivity contribution >= 4 is 11.9 Å². The number of hydrogen-bond donors (Lipinski definition) is 2.